The molecular formula is C24H38N4O2. The normalized spacial score (nSPS) is 18.7. The molecule has 0 atom stereocenters. The zero-order chi connectivity index (χ0) is 21.2. The number of carbonyl (C=O) groups excluding carboxylic acids is 1. The first-order valence-corrected chi connectivity index (χ1v) is 11.5. The number of aliphatic imine (C=N–C) groups is 1. The number of rotatable bonds is 10. The third-order valence-electron chi connectivity index (χ3n) is 6.57. The van der Waals surface area contributed by atoms with Gasteiger partial charge in [0.1, 0.15) is 0 Å². The molecule has 0 unspecified atom stereocenters. The number of ether oxygens (including phenoxy) is 1. The van der Waals surface area contributed by atoms with Crippen LogP contribution in [0, 0.1) is 11.3 Å². The summed E-state index contributed by atoms with van der Waals surface area (Å²) in [5, 5.41) is 9.99. The van der Waals surface area contributed by atoms with Gasteiger partial charge >= 0.3 is 0 Å². The number of hydrogen-bond acceptors (Lipinski definition) is 3. The van der Waals surface area contributed by atoms with Crippen molar-refractivity contribution in [2.45, 2.75) is 64.8 Å². The summed E-state index contributed by atoms with van der Waals surface area (Å²) in [7, 11) is 1.78. The largest absolute Gasteiger partial charge is 0.385 e. The molecule has 3 rings (SSSR count). The molecule has 6 heteroatoms. The van der Waals surface area contributed by atoms with Crippen LogP contribution in [0.2, 0.25) is 0 Å². The summed E-state index contributed by atoms with van der Waals surface area (Å²) in [4.78, 5) is 17.0. The molecule has 0 radical (unpaired) electrons. The summed E-state index contributed by atoms with van der Waals surface area (Å²) in [6.45, 7) is 5.24. The number of amides is 1. The molecule has 166 valence electrons. The molecule has 1 amide bonds. The standard InChI is InChI=1S/C24H38N4O2/c1-3-25-23(27-18-24(14-15-30-2)12-4-5-13-24)26-17-19-8-6-11-21(16-19)28-22(29)20-9-7-10-20/h6,8,11,16,20H,3-5,7,9-10,12-15,17-18H2,1-2H3,(H,28,29)(H2,25,26,27). The zero-order valence-corrected chi connectivity index (χ0v) is 18.6. The minimum Gasteiger partial charge on any atom is -0.385 e. The number of anilines is 1. The average molecular weight is 415 g/mol. The van der Waals surface area contributed by atoms with Gasteiger partial charge in [0.05, 0.1) is 6.54 Å². The molecule has 1 aromatic carbocycles. The van der Waals surface area contributed by atoms with E-state index in [9.17, 15) is 4.79 Å². The molecule has 0 bridgehead atoms. The van der Waals surface area contributed by atoms with Crippen molar-refractivity contribution in [3.63, 3.8) is 0 Å². The van der Waals surface area contributed by atoms with Gasteiger partial charge in [-0.05, 0) is 62.1 Å². The number of methoxy groups -OCH3 is 1. The van der Waals surface area contributed by atoms with E-state index < -0.39 is 0 Å². The Hall–Kier alpha value is -2.08. The first-order chi connectivity index (χ1) is 14.6. The lowest BCUT2D eigenvalue weighted by atomic mass is 9.83. The summed E-state index contributed by atoms with van der Waals surface area (Å²) in [6, 6.07) is 8.02. The van der Waals surface area contributed by atoms with Gasteiger partial charge in [-0.15, -0.1) is 0 Å². The summed E-state index contributed by atoms with van der Waals surface area (Å²) in [5.41, 5.74) is 2.27. The first kappa shape index (κ1) is 22.6. The maximum Gasteiger partial charge on any atom is 0.227 e. The molecule has 0 aromatic heterocycles. The van der Waals surface area contributed by atoms with Gasteiger partial charge in [-0.25, -0.2) is 4.99 Å². The lowest BCUT2D eigenvalue weighted by Crippen LogP contribution is -2.43. The predicted octanol–water partition coefficient (Wildman–Crippen LogP) is 4.08. The van der Waals surface area contributed by atoms with Gasteiger partial charge in [0.15, 0.2) is 5.96 Å². The highest BCUT2D eigenvalue weighted by atomic mass is 16.5. The second-order valence-corrected chi connectivity index (χ2v) is 8.82. The smallest absolute Gasteiger partial charge is 0.227 e. The van der Waals surface area contributed by atoms with Crippen LogP contribution in [-0.2, 0) is 16.1 Å². The monoisotopic (exact) mass is 414 g/mol. The maximum atomic E-state index is 12.2. The third kappa shape index (κ3) is 6.46. The topological polar surface area (TPSA) is 74.8 Å². The van der Waals surface area contributed by atoms with Crippen LogP contribution in [0.1, 0.15) is 63.9 Å². The Morgan fingerprint density at radius 1 is 1.20 bits per heavy atom. The third-order valence-corrected chi connectivity index (χ3v) is 6.57. The molecule has 2 fully saturated rings. The molecule has 0 heterocycles. The molecule has 30 heavy (non-hydrogen) atoms. The highest BCUT2D eigenvalue weighted by molar-refractivity contribution is 5.93. The minimum atomic E-state index is 0.148. The SMILES string of the molecule is CCNC(=NCc1cccc(NC(=O)C2CCC2)c1)NCC1(CCOC)CCCC1. The van der Waals surface area contributed by atoms with E-state index in [4.69, 9.17) is 9.73 Å². The van der Waals surface area contributed by atoms with Crippen molar-refractivity contribution < 1.29 is 9.53 Å². The maximum absolute atomic E-state index is 12.2. The summed E-state index contributed by atoms with van der Waals surface area (Å²) in [6.07, 6.45) is 9.41. The van der Waals surface area contributed by atoms with Crippen LogP contribution in [0.3, 0.4) is 0 Å². The Labute approximate surface area is 181 Å². The number of nitrogens with zero attached hydrogens (tertiary/aromatic N) is 1. The zero-order valence-electron chi connectivity index (χ0n) is 18.6. The van der Waals surface area contributed by atoms with Gasteiger partial charge in [0.25, 0.3) is 0 Å². The molecule has 2 saturated carbocycles. The molecule has 0 aliphatic heterocycles. The second-order valence-electron chi connectivity index (χ2n) is 8.82. The van der Waals surface area contributed by atoms with E-state index in [0.717, 1.165) is 56.2 Å². The van der Waals surface area contributed by atoms with Crippen molar-refractivity contribution in [1.29, 1.82) is 0 Å². The van der Waals surface area contributed by atoms with Crippen LogP contribution >= 0.6 is 0 Å². The molecule has 6 nitrogen and oxygen atoms in total. The van der Waals surface area contributed by atoms with E-state index in [1.54, 1.807) is 7.11 Å². The van der Waals surface area contributed by atoms with E-state index in [-0.39, 0.29) is 11.8 Å². The highest BCUT2D eigenvalue weighted by Crippen LogP contribution is 2.40. The van der Waals surface area contributed by atoms with E-state index in [1.807, 2.05) is 18.2 Å². The quantitative estimate of drug-likeness (QED) is 0.398. The summed E-state index contributed by atoms with van der Waals surface area (Å²) < 4.78 is 5.35. The molecular weight excluding hydrogens is 376 g/mol. The van der Waals surface area contributed by atoms with E-state index in [0.29, 0.717) is 12.0 Å². The first-order valence-electron chi connectivity index (χ1n) is 11.5. The lowest BCUT2D eigenvalue weighted by Gasteiger charge is -2.30. The molecule has 0 saturated heterocycles. The molecule has 3 N–H and O–H groups in total. The van der Waals surface area contributed by atoms with Crippen molar-refractivity contribution in [1.82, 2.24) is 10.6 Å². The van der Waals surface area contributed by atoms with Crippen LogP contribution in [0.5, 0.6) is 0 Å². The number of benzene rings is 1. The average Bonchev–Trinajstić information content (AvgIpc) is 3.16. The van der Waals surface area contributed by atoms with Crippen molar-refractivity contribution in [2.24, 2.45) is 16.3 Å². The van der Waals surface area contributed by atoms with Gasteiger partial charge in [-0.3, -0.25) is 4.79 Å². The fraction of sp³-hybridized carbons (Fsp3) is 0.667. The van der Waals surface area contributed by atoms with E-state index in [1.165, 1.54) is 32.1 Å². The number of carbonyl (C=O) groups is 1. The number of nitrogens with one attached hydrogen (secondary N) is 3. The van der Waals surface area contributed by atoms with Crippen LogP contribution in [0.15, 0.2) is 29.3 Å². The van der Waals surface area contributed by atoms with Crippen LogP contribution < -0.4 is 16.0 Å². The van der Waals surface area contributed by atoms with Crippen LogP contribution in [0.4, 0.5) is 5.69 Å². The van der Waals surface area contributed by atoms with Gasteiger partial charge in [0, 0.05) is 38.4 Å². The minimum absolute atomic E-state index is 0.148. The second kappa shape index (κ2) is 11.3. The Kier molecular flexibility index (Phi) is 8.55. The van der Waals surface area contributed by atoms with Gasteiger partial charge < -0.3 is 20.7 Å². The molecule has 1 aromatic rings. The Balaban J connectivity index is 1.57. The lowest BCUT2D eigenvalue weighted by molar-refractivity contribution is -0.122. The Bertz CT molecular complexity index is 709. The Morgan fingerprint density at radius 2 is 2.00 bits per heavy atom. The van der Waals surface area contributed by atoms with Crippen molar-refractivity contribution in [3.05, 3.63) is 29.8 Å². The fourth-order valence-corrected chi connectivity index (χ4v) is 4.40. The summed E-state index contributed by atoms with van der Waals surface area (Å²) >= 11 is 0. The summed E-state index contributed by atoms with van der Waals surface area (Å²) in [5.74, 6) is 1.19. The van der Waals surface area contributed by atoms with Crippen LogP contribution in [-0.4, -0.2) is 38.7 Å². The van der Waals surface area contributed by atoms with Gasteiger partial charge in [-0.2, -0.15) is 0 Å². The highest BCUT2D eigenvalue weighted by Gasteiger charge is 2.33. The number of guanidine groups is 1. The van der Waals surface area contributed by atoms with Crippen LogP contribution in [0.25, 0.3) is 0 Å². The molecule has 0 spiro atoms. The van der Waals surface area contributed by atoms with E-state index in [2.05, 4.69) is 28.9 Å². The van der Waals surface area contributed by atoms with Gasteiger partial charge in [-0.1, -0.05) is 31.4 Å². The van der Waals surface area contributed by atoms with Gasteiger partial charge in [0.2, 0.25) is 5.91 Å². The van der Waals surface area contributed by atoms with E-state index >= 15 is 0 Å². The fourth-order valence-electron chi connectivity index (χ4n) is 4.40. The Morgan fingerprint density at radius 3 is 2.67 bits per heavy atom. The predicted molar refractivity (Wildman–Crippen MR) is 123 cm³/mol. The van der Waals surface area contributed by atoms with Crippen molar-refractivity contribution in [2.75, 3.05) is 32.1 Å². The van der Waals surface area contributed by atoms with Crippen molar-refractivity contribution in [3.8, 4) is 0 Å². The molecule has 2 aliphatic rings. The van der Waals surface area contributed by atoms with Crippen molar-refractivity contribution >= 4 is 17.6 Å². The molecule has 2 aliphatic carbocycles. The number of hydrogen-bond donors (Lipinski definition) is 3.